The van der Waals surface area contributed by atoms with Gasteiger partial charge >= 0.3 is 0 Å². The summed E-state index contributed by atoms with van der Waals surface area (Å²) in [5, 5.41) is 7.11. The van der Waals surface area contributed by atoms with E-state index in [0.29, 0.717) is 38.1 Å². The molecule has 1 atom stereocenters. The molecular weight excluding hydrogens is 358 g/mol. The number of nitrogens with two attached hydrogens (primary N) is 1. The first kappa shape index (κ1) is 20.2. The third-order valence-corrected chi connectivity index (χ3v) is 5.43. The van der Waals surface area contributed by atoms with Crippen LogP contribution in [0.3, 0.4) is 0 Å². The van der Waals surface area contributed by atoms with Crippen LogP contribution < -0.4 is 11.1 Å². The van der Waals surface area contributed by atoms with E-state index in [1.165, 1.54) is 6.33 Å². The van der Waals surface area contributed by atoms with E-state index in [1.54, 1.807) is 4.52 Å². The third kappa shape index (κ3) is 4.46. The number of nitrogens with one attached hydrogen (secondary N) is 1. The molecule has 0 saturated carbocycles. The molecule has 0 aromatic carbocycles. The van der Waals surface area contributed by atoms with Crippen molar-refractivity contribution in [2.75, 3.05) is 19.6 Å². The first-order chi connectivity index (χ1) is 13.5. The lowest BCUT2D eigenvalue weighted by atomic mass is 10.00. The first-order valence-electron chi connectivity index (χ1n) is 9.93. The van der Waals surface area contributed by atoms with Gasteiger partial charge in [0, 0.05) is 49.9 Å². The Kier molecular flexibility index (Phi) is 6.56. The molecule has 0 aliphatic carbocycles. The summed E-state index contributed by atoms with van der Waals surface area (Å²) in [4.78, 5) is 35.2. The van der Waals surface area contributed by atoms with E-state index in [4.69, 9.17) is 5.73 Å². The summed E-state index contributed by atoms with van der Waals surface area (Å²) in [6, 6.07) is 0.0566. The zero-order valence-corrected chi connectivity index (χ0v) is 16.6. The van der Waals surface area contributed by atoms with Crippen molar-refractivity contribution in [2.45, 2.75) is 58.4 Å². The van der Waals surface area contributed by atoms with E-state index in [9.17, 15) is 9.59 Å². The van der Waals surface area contributed by atoms with E-state index >= 15 is 0 Å². The molecule has 1 fully saturated rings. The van der Waals surface area contributed by atoms with Gasteiger partial charge in [0.15, 0.2) is 0 Å². The fraction of sp³-hybridized carbons (Fsp3) is 0.632. The number of amides is 2. The van der Waals surface area contributed by atoms with Crippen LogP contribution in [-0.4, -0.2) is 62.0 Å². The van der Waals surface area contributed by atoms with Crippen molar-refractivity contribution < 1.29 is 9.59 Å². The molecule has 152 valence electrons. The average molecular weight is 387 g/mol. The Balaban J connectivity index is 1.63. The van der Waals surface area contributed by atoms with Gasteiger partial charge in [0.1, 0.15) is 6.33 Å². The second kappa shape index (κ2) is 9.09. The summed E-state index contributed by atoms with van der Waals surface area (Å²) in [7, 11) is 0. The van der Waals surface area contributed by atoms with Gasteiger partial charge in [-0.05, 0) is 45.1 Å². The Morgan fingerprint density at radius 3 is 2.89 bits per heavy atom. The number of aromatic nitrogens is 4. The largest absolute Gasteiger partial charge is 0.354 e. The van der Waals surface area contributed by atoms with E-state index in [2.05, 4.69) is 20.4 Å². The highest BCUT2D eigenvalue weighted by Crippen LogP contribution is 2.20. The monoisotopic (exact) mass is 387 g/mol. The second-order valence-corrected chi connectivity index (χ2v) is 7.31. The summed E-state index contributed by atoms with van der Waals surface area (Å²) >= 11 is 0. The zero-order chi connectivity index (χ0) is 20.1. The maximum atomic E-state index is 12.9. The van der Waals surface area contributed by atoms with Gasteiger partial charge < -0.3 is 16.0 Å². The number of piperidine rings is 1. The van der Waals surface area contributed by atoms with Crippen LogP contribution in [0, 0.1) is 13.8 Å². The van der Waals surface area contributed by atoms with E-state index in [0.717, 1.165) is 42.8 Å². The molecule has 9 heteroatoms. The molecule has 28 heavy (non-hydrogen) atoms. The van der Waals surface area contributed by atoms with Crippen LogP contribution in [0.1, 0.15) is 49.1 Å². The summed E-state index contributed by atoms with van der Waals surface area (Å²) in [5.41, 5.74) is 8.31. The Bertz CT molecular complexity index is 848. The number of rotatable bonds is 7. The van der Waals surface area contributed by atoms with Gasteiger partial charge in [-0.25, -0.2) is 9.50 Å². The van der Waals surface area contributed by atoms with Crippen LogP contribution in [0.5, 0.6) is 0 Å². The molecule has 1 unspecified atom stereocenters. The number of hydrogen-bond donors (Lipinski definition) is 2. The highest BCUT2D eigenvalue weighted by molar-refractivity contribution is 5.78. The minimum atomic E-state index is -0.0565. The molecule has 3 N–H and O–H groups in total. The van der Waals surface area contributed by atoms with Crippen molar-refractivity contribution in [2.24, 2.45) is 5.73 Å². The Hall–Kier alpha value is -2.55. The Morgan fingerprint density at radius 2 is 2.11 bits per heavy atom. The van der Waals surface area contributed by atoms with E-state index in [-0.39, 0.29) is 17.9 Å². The van der Waals surface area contributed by atoms with Gasteiger partial charge in [0.05, 0.1) is 0 Å². The minimum absolute atomic E-state index is 0.0565. The molecule has 2 amide bonds. The van der Waals surface area contributed by atoms with Gasteiger partial charge in [0.25, 0.3) is 5.78 Å². The fourth-order valence-corrected chi connectivity index (χ4v) is 3.88. The number of carbonyl (C=O) groups is 2. The van der Waals surface area contributed by atoms with Crippen LogP contribution in [0.15, 0.2) is 6.33 Å². The van der Waals surface area contributed by atoms with Crippen molar-refractivity contribution in [3.05, 3.63) is 23.3 Å². The van der Waals surface area contributed by atoms with Gasteiger partial charge in [-0.1, -0.05) is 0 Å². The van der Waals surface area contributed by atoms with E-state index < -0.39 is 0 Å². The first-order valence-corrected chi connectivity index (χ1v) is 9.93. The maximum absolute atomic E-state index is 12.9. The Morgan fingerprint density at radius 1 is 1.29 bits per heavy atom. The molecular formula is C19H29N7O2. The third-order valence-electron chi connectivity index (χ3n) is 5.43. The molecule has 2 aromatic rings. The predicted molar refractivity (Wildman–Crippen MR) is 105 cm³/mol. The normalized spacial score (nSPS) is 17.1. The van der Waals surface area contributed by atoms with Crippen molar-refractivity contribution in [1.82, 2.24) is 29.8 Å². The molecule has 9 nitrogen and oxygen atoms in total. The van der Waals surface area contributed by atoms with Crippen molar-refractivity contribution >= 4 is 17.6 Å². The topological polar surface area (TPSA) is 119 Å². The lowest BCUT2D eigenvalue weighted by Gasteiger charge is -2.36. The number of likely N-dealkylation sites (tertiary alicyclic amines) is 1. The highest BCUT2D eigenvalue weighted by atomic mass is 16.2. The van der Waals surface area contributed by atoms with Crippen molar-refractivity contribution in [3.63, 3.8) is 0 Å². The SMILES string of the molecule is Cc1nc2ncnn2c(C)c1CCC(=O)N1CCCCC1CNC(=O)CCN. The van der Waals surface area contributed by atoms with Crippen LogP contribution in [0.2, 0.25) is 0 Å². The molecule has 0 bridgehead atoms. The maximum Gasteiger partial charge on any atom is 0.252 e. The summed E-state index contributed by atoms with van der Waals surface area (Å²) < 4.78 is 1.71. The van der Waals surface area contributed by atoms with E-state index in [1.807, 2.05) is 18.7 Å². The number of nitrogens with zero attached hydrogens (tertiary/aromatic N) is 5. The average Bonchev–Trinajstić information content (AvgIpc) is 3.15. The molecule has 1 aliphatic rings. The summed E-state index contributed by atoms with van der Waals surface area (Å²) in [5.74, 6) is 0.642. The van der Waals surface area contributed by atoms with Crippen LogP contribution >= 0.6 is 0 Å². The fourth-order valence-electron chi connectivity index (χ4n) is 3.88. The standard InChI is InChI=1S/C19H29N7O2/c1-13-16(14(2)26-19(24-13)22-12-23-26)6-7-18(28)25-10-4-3-5-15(25)11-21-17(27)8-9-20/h12,15H,3-11,20H2,1-2H3,(H,21,27). The number of hydrogen-bond acceptors (Lipinski definition) is 6. The molecule has 1 aliphatic heterocycles. The van der Waals surface area contributed by atoms with Gasteiger partial charge in [-0.3, -0.25) is 9.59 Å². The highest BCUT2D eigenvalue weighted by Gasteiger charge is 2.27. The van der Waals surface area contributed by atoms with Crippen LogP contribution in [0.25, 0.3) is 5.78 Å². The lowest BCUT2D eigenvalue weighted by Crippen LogP contribution is -2.49. The predicted octanol–water partition coefficient (Wildman–Crippen LogP) is 0.520. The smallest absolute Gasteiger partial charge is 0.252 e. The second-order valence-electron chi connectivity index (χ2n) is 7.31. The van der Waals surface area contributed by atoms with Crippen molar-refractivity contribution in [1.29, 1.82) is 0 Å². The zero-order valence-electron chi connectivity index (χ0n) is 16.6. The lowest BCUT2D eigenvalue weighted by molar-refractivity contribution is -0.135. The van der Waals surface area contributed by atoms with Crippen LogP contribution in [0.4, 0.5) is 0 Å². The van der Waals surface area contributed by atoms with Gasteiger partial charge in [-0.2, -0.15) is 10.1 Å². The number of carbonyl (C=O) groups excluding carboxylic acids is 2. The van der Waals surface area contributed by atoms with Gasteiger partial charge in [-0.15, -0.1) is 0 Å². The quantitative estimate of drug-likeness (QED) is 0.715. The Labute approximate surface area is 164 Å². The van der Waals surface area contributed by atoms with Crippen molar-refractivity contribution in [3.8, 4) is 0 Å². The minimum Gasteiger partial charge on any atom is -0.354 e. The molecule has 3 heterocycles. The molecule has 0 spiro atoms. The van der Waals surface area contributed by atoms with Crippen LogP contribution in [-0.2, 0) is 16.0 Å². The summed E-state index contributed by atoms with van der Waals surface area (Å²) in [6.45, 7) is 5.50. The molecule has 1 saturated heterocycles. The molecule has 0 radical (unpaired) electrons. The number of aryl methyl sites for hydroxylation is 2. The number of fused-ring (bicyclic) bond motifs is 1. The molecule has 3 rings (SSSR count). The summed E-state index contributed by atoms with van der Waals surface area (Å²) in [6.07, 6.45) is 5.83. The molecule has 2 aromatic heterocycles. The van der Waals surface area contributed by atoms with Gasteiger partial charge in [0.2, 0.25) is 11.8 Å².